The van der Waals surface area contributed by atoms with Crippen molar-refractivity contribution in [1.82, 2.24) is 0 Å². The first-order valence-electron chi connectivity index (χ1n) is 9.72. The maximum Gasteiger partial charge on any atom is 0.131 e. The van der Waals surface area contributed by atoms with Crippen LogP contribution in [0.5, 0.6) is 0 Å². The van der Waals surface area contributed by atoms with Gasteiger partial charge in [-0.3, -0.25) is 0 Å². The van der Waals surface area contributed by atoms with E-state index >= 15 is 0 Å². The Morgan fingerprint density at radius 2 is 1.50 bits per heavy atom. The normalized spacial score (nSPS) is 20.5. The lowest BCUT2D eigenvalue weighted by Crippen LogP contribution is -2.14. The van der Waals surface area contributed by atoms with Crippen molar-refractivity contribution in [1.29, 1.82) is 0 Å². The number of halogens is 3. The van der Waals surface area contributed by atoms with Crippen LogP contribution in [0, 0.1) is 36.2 Å². The molecule has 1 aliphatic rings. The average Bonchev–Trinajstić information content (AvgIpc) is 2.64. The molecule has 0 aromatic heterocycles. The van der Waals surface area contributed by atoms with E-state index in [1.54, 1.807) is 6.07 Å². The van der Waals surface area contributed by atoms with Gasteiger partial charge in [0.25, 0.3) is 0 Å². The Kier molecular flexibility index (Phi) is 6.23. The Labute approximate surface area is 157 Å². The van der Waals surface area contributed by atoms with Gasteiger partial charge in [-0.05, 0) is 60.9 Å². The Morgan fingerprint density at radius 3 is 2.08 bits per heavy atom. The quantitative estimate of drug-likeness (QED) is 0.596. The summed E-state index contributed by atoms with van der Waals surface area (Å²) in [5, 5.41) is 0. The SMILES string of the molecule is Cc1c(F)cc(-c2ccc(CCC3CCC(C[SiH3])CC3)cc2F)cc1F. The predicted molar refractivity (Wildman–Crippen MR) is 105 cm³/mol. The highest BCUT2D eigenvalue weighted by Gasteiger charge is 2.20. The Balaban J connectivity index is 1.66. The molecule has 0 spiro atoms. The van der Waals surface area contributed by atoms with Crippen molar-refractivity contribution in [2.75, 3.05) is 0 Å². The molecule has 0 radical (unpaired) electrons. The second kappa shape index (κ2) is 8.42. The van der Waals surface area contributed by atoms with Crippen LogP contribution < -0.4 is 0 Å². The van der Waals surface area contributed by atoms with E-state index in [-0.39, 0.29) is 16.7 Å². The molecule has 2 aromatic carbocycles. The zero-order valence-corrected chi connectivity index (χ0v) is 17.6. The second-order valence-electron chi connectivity index (χ2n) is 7.71. The van der Waals surface area contributed by atoms with Crippen molar-refractivity contribution in [2.24, 2.45) is 11.8 Å². The molecule has 1 aliphatic carbocycles. The minimum Gasteiger partial charge on any atom is -0.207 e. The van der Waals surface area contributed by atoms with E-state index in [1.807, 2.05) is 6.07 Å². The van der Waals surface area contributed by atoms with Gasteiger partial charge in [-0.25, -0.2) is 13.2 Å². The van der Waals surface area contributed by atoms with Gasteiger partial charge in [-0.2, -0.15) is 0 Å². The lowest BCUT2D eigenvalue weighted by molar-refractivity contribution is 0.278. The lowest BCUT2D eigenvalue weighted by atomic mass is 9.80. The highest BCUT2D eigenvalue weighted by molar-refractivity contribution is 6.08. The molecule has 2 aromatic rings. The summed E-state index contributed by atoms with van der Waals surface area (Å²) in [4.78, 5) is 0. The smallest absolute Gasteiger partial charge is 0.131 e. The number of aryl methyl sites for hydroxylation is 1. The van der Waals surface area contributed by atoms with Crippen molar-refractivity contribution < 1.29 is 13.2 Å². The molecule has 0 heterocycles. The van der Waals surface area contributed by atoms with Crippen molar-refractivity contribution in [3.8, 4) is 11.1 Å². The van der Waals surface area contributed by atoms with Gasteiger partial charge in [-0.1, -0.05) is 43.9 Å². The summed E-state index contributed by atoms with van der Waals surface area (Å²) in [6, 6.07) is 8.87. The van der Waals surface area contributed by atoms with Gasteiger partial charge in [0.15, 0.2) is 0 Å². The molecule has 0 nitrogen and oxygen atoms in total. The van der Waals surface area contributed by atoms with E-state index in [1.165, 1.54) is 67.1 Å². The van der Waals surface area contributed by atoms with Gasteiger partial charge in [0.05, 0.1) is 0 Å². The van der Waals surface area contributed by atoms with Gasteiger partial charge in [0, 0.05) is 21.4 Å². The number of benzene rings is 2. The van der Waals surface area contributed by atoms with Crippen LogP contribution in [-0.2, 0) is 6.42 Å². The van der Waals surface area contributed by atoms with Gasteiger partial charge in [0.1, 0.15) is 17.5 Å². The van der Waals surface area contributed by atoms with Crippen molar-refractivity contribution in [3.05, 3.63) is 58.9 Å². The van der Waals surface area contributed by atoms with Gasteiger partial charge < -0.3 is 0 Å². The molecule has 3 rings (SSSR count). The molecule has 0 unspecified atom stereocenters. The first-order valence-corrected chi connectivity index (χ1v) is 11.1. The fourth-order valence-corrected chi connectivity index (χ4v) is 4.86. The fraction of sp³-hybridized carbons (Fsp3) is 0.455. The van der Waals surface area contributed by atoms with Crippen LogP contribution in [0.1, 0.15) is 43.2 Å². The number of hydrogen-bond acceptors (Lipinski definition) is 0. The van der Waals surface area contributed by atoms with E-state index in [2.05, 4.69) is 0 Å². The van der Waals surface area contributed by atoms with Crippen LogP contribution in [0.3, 0.4) is 0 Å². The summed E-state index contributed by atoms with van der Waals surface area (Å²) in [6.07, 6.45) is 7.27. The molecule has 1 saturated carbocycles. The largest absolute Gasteiger partial charge is 0.207 e. The Bertz CT molecular complexity index is 741. The van der Waals surface area contributed by atoms with Crippen LogP contribution in [0.2, 0.25) is 6.04 Å². The Morgan fingerprint density at radius 1 is 0.885 bits per heavy atom. The molecule has 0 bridgehead atoms. The molecule has 0 atom stereocenters. The van der Waals surface area contributed by atoms with Gasteiger partial charge in [-0.15, -0.1) is 0 Å². The summed E-state index contributed by atoms with van der Waals surface area (Å²) in [5.41, 5.74) is 1.42. The van der Waals surface area contributed by atoms with Crippen molar-refractivity contribution in [2.45, 2.75) is 51.5 Å². The number of rotatable bonds is 5. The monoisotopic (exact) mass is 376 g/mol. The third-order valence-electron chi connectivity index (χ3n) is 6.01. The topological polar surface area (TPSA) is 0 Å². The third-order valence-corrected chi connectivity index (χ3v) is 7.17. The fourth-order valence-electron chi connectivity index (χ4n) is 4.05. The van der Waals surface area contributed by atoms with E-state index in [9.17, 15) is 13.2 Å². The average molecular weight is 377 g/mol. The third kappa shape index (κ3) is 4.40. The zero-order valence-electron chi connectivity index (χ0n) is 15.6. The van der Waals surface area contributed by atoms with Gasteiger partial charge >= 0.3 is 0 Å². The highest BCUT2D eigenvalue weighted by atomic mass is 28.1. The van der Waals surface area contributed by atoms with Crippen LogP contribution in [0.25, 0.3) is 11.1 Å². The first kappa shape index (κ1) is 19.2. The standard InChI is InChI=1S/C22H27F3Si/c1-14-20(23)11-18(12-21(14)24)19-9-8-16(10-22(19)25)5-2-15-3-6-17(13-26)7-4-15/h8-12,15,17H,2-7,13H2,1,26H3. The number of hydrogen-bond donors (Lipinski definition) is 0. The summed E-state index contributed by atoms with van der Waals surface area (Å²) in [6.45, 7) is 1.38. The predicted octanol–water partition coefficient (Wildman–Crippen LogP) is 5.60. The first-order chi connectivity index (χ1) is 12.5. The molecule has 140 valence electrons. The summed E-state index contributed by atoms with van der Waals surface area (Å²) in [7, 11) is 1.30. The zero-order chi connectivity index (χ0) is 18.7. The molecule has 26 heavy (non-hydrogen) atoms. The van der Waals surface area contributed by atoms with Crippen LogP contribution in [0.4, 0.5) is 13.2 Å². The van der Waals surface area contributed by atoms with E-state index in [4.69, 9.17) is 0 Å². The molecule has 0 aliphatic heterocycles. The van der Waals surface area contributed by atoms with Crippen LogP contribution in [0.15, 0.2) is 30.3 Å². The Hall–Kier alpha value is -1.55. The highest BCUT2D eigenvalue weighted by Crippen LogP contribution is 2.33. The molecular formula is C22H27F3Si. The summed E-state index contributed by atoms with van der Waals surface area (Å²) >= 11 is 0. The van der Waals surface area contributed by atoms with E-state index in [0.29, 0.717) is 0 Å². The minimum absolute atomic E-state index is 0.0362. The van der Waals surface area contributed by atoms with Crippen LogP contribution in [-0.4, -0.2) is 10.2 Å². The minimum atomic E-state index is -0.645. The maximum atomic E-state index is 14.5. The van der Waals surface area contributed by atoms with E-state index < -0.39 is 17.5 Å². The van der Waals surface area contributed by atoms with E-state index in [0.717, 1.165) is 30.2 Å². The molecule has 1 fully saturated rings. The molecule has 0 amide bonds. The van der Waals surface area contributed by atoms with Crippen molar-refractivity contribution >= 4 is 10.2 Å². The van der Waals surface area contributed by atoms with Gasteiger partial charge in [0.2, 0.25) is 0 Å². The second-order valence-corrected chi connectivity index (χ2v) is 8.53. The lowest BCUT2D eigenvalue weighted by Gasteiger charge is -2.27. The molecule has 0 N–H and O–H groups in total. The maximum absolute atomic E-state index is 14.5. The van der Waals surface area contributed by atoms with Crippen molar-refractivity contribution in [3.63, 3.8) is 0 Å². The summed E-state index contributed by atoms with van der Waals surface area (Å²) in [5.74, 6) is -0.0000994. The van der Waals surface area contributed by atoms with Crippen LogP contribution >= 0.6 is 0 Å². The molecule has 4 heteroatoms. The summed E-state index contributed by atoms with van der Waals surface area (Å²) < 4.78 is 42.0. The molecular weight excluding hydrogens is 349 g/mol. The molecule has 0 saturated heterocycles.